The number of carboxylic acid groups (broad SMARTS) is 1. The Hall–Kier alpha value is -2.12. The van der Waals surface area contributed by atoms with Gasteiger partial charge >= 0.3 is 12.1 Å². The number of rotatable bonds is 6. The van der Waals surface area contributed by atoms with Gasteiger partial charge in [-0.25, -0.2) is 4.39 Å². The predicted molar refractivity (Wildman–Crippen MR) is 74.3 cm³/mol. The zero-order valence-electron chi connectivity index (χ0n) is 12.6. The van der Waals surface area contributed by atoms with Crippen molar-refractivity contribution in [1.82, 2.24) is 4.90 Å². The van der Waals surface area contributed by atoms with E-state index in [4.69, 9.17) is 5.11 Å². The molecule has 0 aromatic heterocycles. The summed E-state index contributed by atoms with van der Waals surface area (Å²) in [4.78, 5) is 23.7. The van der Waals surface area contributed by atoms with Gasteiger partial charge in [-0.3, -0.25) is 9.59 Å². The highest BCUT2D eigenvalue weighted by molar-refractivity contribution is 5.85. The number of carboxylic acids is 1. The second-order valence-electron chi connectivity index (χ2n) is 5.49. The molecule has 0 aliphatic heterocycles. The van der Waals surface area contributed by atoms with Gasteiger partial charge in [-0.1, -0.05) is 26.0 Å². The lowest BCUT2D eigenvalue weighted by Gasteiger charge is -2.24. The summed E-state index contributed by atoms with van der Waals surface area (Å²) in [5.41, 5.74) is -1.20. The van der Waals surface area contributed by atoms with E-state index in [1.807, 2.05) is 0 Å². The first-order chi connectivity index (χ1) is 10.5. The van der Waals surface area contributed by atoms with Crippen molar-refractivity contribution in [2.45, 2.75) is 26.2 Å². The first-order valence-corrected chi connectivity index (χ1v) is 6.84. The van der Waals surface area contributed by atoms with E-state index >= 15 is 0 Å². The number of carbonyl (C=O) groups excluding carboxylic acids is 1. The number of amides is 1. The molecule has 23 heavy (non-hydrogen) atoms. The number of benzene rings is 1. The number of aliphatic carboxylic acids is 1. The van der Waals surface area contributed by atoms with Gasteiger partial charge in [0.15, 0.2) is 0 Å². The minimum Gasteiger partial charge on any atom is -0.480 e. The summed E-state index contributed by atoms with van der Waals surface area (Å²) < 4.78 is 51.6. The maximum atomic E-state index is 14.2. The van der Waals surface area contributed by atoms with Gasteiger partial charge in [0.2, 0.25) is 6.17 Å². The van der Waals surface area contributed by atoms with E-state index in [1.54, 1.807) is 13.8 Å². The Kier molecular flexibility index (Phi) is 6.12. The van der Waals surface area contributed by atoms with Crippen molar-refractivity contribution < 1.29 is 32.3 Å². The third-order valence-corrected chi connectivity index (χ3v) is 2.97. The second-order valence-corrected chi connectivity index (χ2v) is 5.49. The van der Waals surface area contributed by atoms with Crippen LogP contribution >= 0.6 is 0 Å². The van der Waals surface area contributed by atoms with E-state index in [1.165, 1.54) is 0 Å². The number of nitrogens with zero attached hydrogens (tertiary/aromatic N) is 1. The lowest BCUT2D eigenvalue weighted by molar-refractivity contribution is -0.147. The van der Waals surface area contributed by atoms with Crippen molar-refractivity contribution in [3.05, 3.63) is 35.4 Å². The smallest absolute Gasteiger partial charge is 0.416 e. The third-order valence-electron chi connectivity index (χ3n) is 2.97. The van der Waals surface area contributed by atoms with Crippen LogP contribution in [0.15, 0.2) is 24.3 Å². The molecule has 1 unspecified atom stereocenters. The van der Waals surface area contributed by atoms with Crippen LogP contribution in [-0.4, -0.2) is 35.0 Å². The van der Waals surface area contributed by atoms with E-state index in [0.29, 0.717) is 12.1 Å². The summed E-state index contributed by atoms with van der Waals surface area (Å²) in [7, 11) is 0. The van der Waals surface area contributed by atoms with Crippen molar-refractivity contribution >= 4 is 11.9 Å². The molecule has 1 amide bonds. The van der Waals surface area contributed by atoms with Crippen LogP contribution in [0.25, 0.3) is 0 Å². The summed E-state index contributed by atoms with van der Waals surface area (Å²) in [6.45, 7) is 2.82. The van der Waals surface area contributed by atoms with Gasteiger partial charge in [0.05, 0.1) is 5.56 Å². The van der Waals surface area contributed by atoms with Gasteiger partial charge in [-0.2, -0.15) is 13.2 Å². The van der Waals surface area contributed by atoms with Gasteiger partial charge in [-0.15, -0.1) is 0 Å². The molecule has 1 atom stereocenters. The SMILES string of the molecule is CC(C)CN(CC(=O)O)C(=O)C(F)c1ccc(C(F)(F)F)cc1. The molecule has 0 bridgehead atoms. The Morgan fingerprint density at radius 1 is 1.17 bits per heavy atom. The van der Waals surface area contributed by atoms with E-state index < -0.39 is 36.3 Å². The number of carbonyl (C=O) groups is 2. The molecule has 1 aromatic rings. The fraction of sp³-hybridized carbons (Fsp3) is 0.467. The lowest BCUT2D eigenvalue weighted by atomic mass is 10.1. The summed E-state index contributed by atoms with van der Waals surface area (Å²) in [6, 6.07) is 3.11. The van der Waals surface area contributed by atoms with E-state index in [9.17, 15) is 27.2 Å². The van der Waals surface area contributed by atoms with Crippen molar-refractivity contribution in [2.75, 3.05) is 13.1 Å². The fourth-order valence-corrected chi connectivity index (χ4v) is 1.98. The molecule has 4 nitrogen and oxygen atoms in total. The Bertz CT molecular complexity index is 555. The molecule has 0 aliphatic rings. The fourth-order valence-electron chi connectivity index (χ4n) is 1.98. The first kappa shape index (κ1) is 18.9. The molecule has 0 aliphatic carbocycles. The number of halogens is 4. The molecular formula is C15H17F4NO3. The van der Waals surface area contributed by atoms with Crippen LogP contribution < -0.4 is 0 Å². The van der Waals surface area contributed by atoms with Crippen LogP contribution in [0.4, 0.5) is 17.6 Å². The van der Waals surface area contributed by atoms with E-state index in [-0.39, 0.29) is 18.0 Å². The number of alkyl halides is 4. The lowest BCUT2D eigenvalue weighted by Crippen LogP contribution is -2.40. The van der Waals surface area contributed by atoms with Crippen LogP contribution in [0, 0.1) is 5.92 Å². The van der Waals surface area contributed by atoms with Crippen LogP contribution in [0.5, 0.6) is 0 Å². The van der Waals surface area contributed by atoms with Crippen molar-refractivity contribution in [1.29, 1.82) is 0 Å². The molecule has 0 fully saturated rings. The van der Waals surface area contributed by atoms with Crippen molar-refractivity contribution in [3.63, 3.8) is 0 Å². The zero-order valence-corrected chi connectivity index (χ0v) is 12.6. The normalized spacial score (nSPS) is 13.0. The van der Waals surface area contributed by atoms with Crippen LogP contribution in [0.2, 0.25) is 0 Å². The first-order valence-electron chi connectivity index (χ1n) is 6.84. The van der Waals surface area contributed by atoms with Gasteiger partial charge in [0.25, 0.3) is 5.91 Å². The Labute approximate surface area is 130 Å². The molecule has 1 aromatic carbocycles. The third kappa shape index (κ3) is 5.54. The topological polar surface area (TPSA) is 57.6 Å². The largest absolute Gasteiger partial charge is 0.480 e. The molecule has 0 saturated carbocycles. The summed E-state index contributed by atoms with van der Waals surface area (Å²) >= 11 is 0. The van der Waals surface area contributed by atoms with E-state index in [0.717, 1.165) is 17.0 Å². The van der Waals surface area contributed by atoms with Crippen LogP contribution in [0.3, 0.4) is 0 Å². The van der Waals surface area contributed by atoms with Crippen LogP contribution in [-0.2, 0) is 15.8 Å². The standard InChI is InChI=1S/C15H17F4NO3/c1-9(2)7-20(8-12(21)22)14(23)13(16)10-3-5-11(6-4-10)15(17,18)19/h3-6,9,13H,7-8H2,1-2H3,(H,21,22). The molecule has 0 radical (unpaired) electrons. The number of hydrogen-bond donors (Lipinski definition) is 1. The Morgan fingerprint density at radius 2 is 1.70 bits per heavy atom. The average molecular weight is 335 g/mol. The van der Waals surface area contributed by atoms with Gasteiger partial charge in [0.1, 0.15) is 6.54 Å². The molecular weight excluding hydrogens is 318 g/mol. The highest BCUT2D eigenvalue weighted by Crippen LogP contribution is 2.30. The minimum absolute atomic E-state index is 0.0339. The van der Waals surface area contributed by atoms with Gasteiger partial charge in [0, 0.05) is 6.54 Å². The molecule has 1 rings (SSSR count). The summed E-state index contributed by atoms with van der Waals surface area (Å²) in [5, 5.41) is 8.78. The molecule has 0 saturated heterocycles. The molecule has 1 N–H and O–H groups in total. The predicted octanol–water partition coefficient (Wildman–Crippen LogP) is 3.29. The van der Waals surface area contributed by atoms with Gasteiger partial charge in [-0.05, 0) is 23.6 Å². The summed E-state index contributed by atoms with van der Waals surface area (Å²) in [5.74, 6) is -2.46. The average Bonchev–Trinajstić information content (AvgIpc) is 2.43. The molecule has 0 heterocycles. The summed E-state index contributed by atoms with van der Waals surface area (Å²) in [6.07, 6.45) is -6.77. The molecule has 0 spiro atoms. The van der Waals surface area contributed by atoms with Gasteiger partial charge < -0.3 is 10.0 Å². The van der Waals surface area contributed by atoms with E-state index in [2.05, 4.69) is 0 Å². The highest BCUT2D eigenvalue weighted by atomic mass is 19.4. The highest BCUT2D eigenvalue weighted by Gasteiger charge is 2.32. The minimum atomic E-state index is -4.55. The van der Waals surface area contributed by atoms with Crippen molar-refractivity contribution in [3.8, 4) is 0 Å². The zero-order chi connectivity index (χ0) is 17.8. The monoisotopic (exact) mass is 335 g/mol. The Morgan fingerprint density at radius 3 is 2.09 bits per heavy atom. The maximum Gasteiger partial charge on any atom is 0.416 e. The second kappa shape index (κ2) is 7.43. The molecule has 128 valence electrons. The van der Waals surface area contributed by atoms with Crippen molar-refractivity contribution in [2.24, 2.45) is 5.92 Å². The maximum absolute atomic E-state index is 14.2. The number of hydrogen-bond acceptors (Lipinski definition) is 2. The quantitative estimate of drug-likeness (QED) is 0.812. The Balaban J connectivity index is 2.94. The molecule has 8 heteroatoms. The van der Waals surface area contributed by atoms with Crippen LogP contribution in [0.1, 0.15) is 31.1 Å².